The van der Waals surface area contributed by atoms with Crippen molar-refractivity contribution < 1.29 is 81.9 Å². The number of benzene rings is 1. The van der Waals surface area contributed by atoms with Crippen molar-refractivity contribution in [2.24, 2.45) is 0 Å². The average Bonchev–Trinajstić information content (AvgIpc) is 2.35. The molecule has 0 radical (unpaired) electrons. The standard InChI is InChI=1S/C11H14BF4O3S.K/c1-2-20(17,18)7-3-6-19-11-8-9(12(14,15)16)4-5-10(11)13;/h4-5,8H,2-3,6-7H2,1H3;/q-1;+1. The quantitative estimate of drug-likeness (QED) is 0.363. The Bertz CT molecular complexity index is 563. The molecule has 1 rings (SSSR count). The number of hydrogen-bond donors (Lipinski definition) is 0. The summed E-state index contributed by atoms with van der Waals surface area (Å²) in [6, 6.07) is 1.91. The summed E-state index contributed by atoms with van der Waals surface area (Å²) >= 11 is 0. The molecule has 0 spiro atoms. The molecule has 0 aliphatic heterocycles. The van der Waals surface area contributed by atoms with E-state index in [1.54, 1.807) is 0 Å². The molecule has 0 N–H and O–H groups in total. The van der Waals surface area contributed by atoms with Gasteiger partial charge < -0.3 is 17.7 Å². The van der Waals surface area contributed by atoms with Crippen LogP contribution < -0.4 is 61.6 Å². The molecule has 1 aromatic carbocycles. The summed E-state index contributed by atoms with van der Waals surface area (Å²) in [5.74, 6) is -1.59. The first-order valence-electron chi connectivity index (χ1n) is 5.98. The second-order valence-electron chi connectivity index (χ2n) is 4.20. The molecule has 0 saturated carbocycles. The molecule has 0 aliphatic rings. The zero-order valence-electron chi connectivity index (χ0n) is 11.8. The van der Waals surface area contributed by atoms with Crippen molar-refractivity contribution in [3.8, 4) is 5.75 Å². The summed E-state index contributed by atoms with van der Waals surface area (Å²) in [4.78, 5) is 0. The Morgan fingerprint density at radius 1 is 1.24 bits per heavy atom. The van der Waals surface area contributed by atoms with Crippen LogP contribution >= 0.6 is 0 Å². The molecule has 10 heteroatoms. The van der Waals surface area contributed by atoms with Crippen molar-refractivity contribution in [2.75, 3.05) is 18.1 Å². The first kappa shape index (κ1) is 21.4. The van der Waals surface area contributed by atoms with E-state index in [9.17, 15) is 25.8 Å². The van der Waals surface area contributed by atoms with Gasteiger partial charge in [-0.2, -0.15) is 0 Å². The number of sulfone groups is 1. The fourth-order valence-electron chi connectivity index (χ4n) is 1.44. The van der Waals surface area contributed by atoms with Gasteiger partial charge in [0.2, 0.25) is 0 Å². The summed E-state index contributed by atoms with van der Waals surface area (Å²) in [5, 5.41) is 0. The van der Waals surface area contributed by atoms with Gasteiger partial charge in [0.15, 0.2) is 11.6 Å². The maximum Gasteiger partial charge on any atom is 1.00 e. The summed E-state index contributed by atoms with van der Waals surface area (Å²) in [5.41, 5.74) is -0.956. The van der Waals surface area contributed by atoms with Gasteiger partial charge in [0.25, 0.3) is 0 Å². The molecule has 21 heavy (non-hydrogen) atoms. The van der Waals surface area contributed by atoms with Crippen molar-refractivity contribution in [1.29, 1.82) is 0 Å². The molecule has 0 saturated heterocycles. The van der Waals surface area contributed by atoms with Crippen LogP contribution in [0.1, 0.15) is 13.3 Å². The predicted octanol–water partition coefficient (Wildman–Crippen LogP) is -0.912. The molecular formula is C11H14BF4KO3S. The minimum absolute atomic E-state index is 0. The number of ether oxygens (including phenoxy) is 1. The summed E-state index contributed by atoms with van der Waals surface area (Å²) in [6.45, 7) is -3.90. The van der Waals surface area contributed by atoms with E-state index in [4.69, 9.17) is 4.74 Å². The Morgan fingerprint density at radius 3 is 2.38 bits per heavy atom. The van der Waals surface area contributed by atoms with Crippen LogP contribution in [-0.4, -0.2) is 33.5 Å². The van der Waals surface area contributed by atoms with Gasteiger partial charge in [-0.1, -0.05) is 13.0 Å². The van der Waals surface area contributed by atoms with E-state index in [1.165, 1.54) is 6.92 Å². The molecular weight excluding hydrogens is 338 g/mol. The third kappa shape index (κ3) is 7.47. The maximum absolute atomic E-state index is 13.3. The third-order valence-corrected chi connectivity index (χ3v) is 4.42. The first-order valence-corrected chi connectivity index (χ1v) is 7.80. The summed E-state index contributed by atoms with van der Waals surface area (Å²) < 4.78 is 78.0. The Balaban J connectivity index is 0.00000400. The van der Waals surface area contributed by atoms with Crippen LogP contribution in [0.3, 0.4) is 0 Å². The predicted molar refractivity (Wildman–Crippen MR) is 69.6 cm³/mol. The van der Waals surface area contributed by atoms with E-state index in [0.717, 1.165) is 0 Å². The van der Waals surface area contributed by atoms with E-state index in [2.05, 4.69) is 0 Å². The van der Waals surface area contributed by atoms with E-state index < -0.39 is 33.8 Å². The van der Waals surface area contributed by atoms with Crippen LogP contribution in [0, 0.1) is 5.82 Å². The smallest absolute Gasteiger partial charge is 0.491 e. The van der Waals surface area contributed by atoms with Gasteiger partial charge in [-0.15, -0.1) is 5.46 Å². The molecule has 0 heterocycles. The van der Waals surface area contributed by atoms with Crippen LogP contribution in [0.25, 0.3) is 0 Å². The van der Waals surface area contributed by atoms with Crippen LogP contribution in [0.2, 0.25) is 0 Å². The SMILES string of the molecule is CCS(=O)(=O)CCCOc1cc([B-](F)(F)F)ccc1F.[K+]. The van der Waals surface area contributed by atoms with Crippen molar-refractivity contribution >= 4 is 22.3 Å². The molecule has 0 aromatic heterocycles. The molecule has 1 aromatic rings. The average molecular weight is 352 g/mol. The van der Waals surface area contributed by atoms with Crippen LogP contribution in [0.4, 0.5) is 17.3 Å². The van der Waals surface area contributed by atoms with Crippen molar-refractivity contribution in [3.63, 3.8) is 0 Å². The Morgan fingerprint density at radius 2 is 1.86 bits per heavy atom. The van der Waals surface area contributed by atoms with E-state index in [0.29, 0.717) is 18.2 Å². The Hall–Kier alpha value is 0.391. The monoisotopic (exact) mass is 352 g/mol. The van der Waals surface area contributed by atoms with Crippen molar-refractivity contribution in [2.45, 2.75) is 13.3 Å². The fourth-order valence-corrected chi connectivity index (χ4v) is 2.29. The molecule has 0 bridgehead atoms. The molecule has 0 atom stereocenters. The number of halogens is 4. The minimum Gasteiger partial charge on any atom is -0.491 e. The van der Waals surface area contributed by atoms with E-state index in [1.807, 2.05) is 0 Å². The first-order chi connectivity index (χ1) is 9.15. The zero-order valence-corrected chi connectivity index (χ0v) is 15.7. The van der Waals surface area contributed by atoms with Gasteiger partial charge in [0, 0.05) is 5.75 Å². The van der Waals surface area contributed by atoms with Gasteiger partial charge in [-0.25, -0.2) is 12.8 Å². The summed E-state index contributed by atoms with van der Waals surface area (Å²) in [6.07, 6.45) is 0.0942. The Kier molecular flexibility index (Phi) is 9.04. The van der Waals surface area contributed by atoms with Gasteiger partial charge >= 0.3 is 58.4 Å². The molecule has 114 valence electrons. The van der Waals surface area contributed by atoms with E-state index in [-0.39, 0.29) is 75.9 Å². The van der Waals surface area contributed by atoms with Crippen molar-refractivity contribution in [1.82, 2.24) is 0 Å². The molecule has 0 unspecified atom stereocenters. The second-order valence-corrected chi connectivity index (χ2v) is 6.68. The minimum atomic E-state index is -5.23. The van der Waals surface area contributed by atoms with Gasteiger partial charge in [-0.3, -0.25) is 0 Å². The topological polar surface area (TPSA) is 43.4 Å². The molecule has 3 nitrogen and oxygen atoms in total. The van der Waals surface area contributed by atoms with Gasteiger partial charge in [0.1, 0.15) is 9.84 Å². The zero-order chi connectivity index (χ0) is 15.4. The molecule has 0 aliphatic carbocycles. The molecule has 0 amide bonds. The van der Waals surface area contributed by atoms with Crippen LogP contribution in [0.5, 0.6) is 5.75 Å². The van der Waals surface area contributed by atoms with Crippen LogP contribution in [-0.2, 0) is 9.84 Å². The van der Waals surface area contributed by atoms with Gasteiger partial charge in [-0.05, 0) is 18.6 Å². The Labute approximate surface area is 163 Å². The number of hydrogen-bond acceptors (Lipinski definition) is 3. The maximum atomic E-state index is 13.3. The number of rotatable bonds is 7. The summed E-state index contributed by atoms with van der Waals surface area (Å²) in [7, 11) is -3.17. The fraction of sp³-hybridized carbons (Fsp3) is 0.455. The normalized spacial score (nSPS) is 11.9. The third-order valence-electron chi connectivity index (χ3n) is 2.63. The second kappa shape index (κ2) is 8.88. The van der Waals surface area contributed by atoms with E-state index >= 15 is 0 Å². The van der Waals surface area contributed by atoms with Crippen LogP contribution in [0.15, 0.2) is 18.2 Å². The molecule has 0 fully saturated rings. The largest absolute Gasteiger partial charge is 1.00 e. The van der Waals surface area contributed by atoms with Crippen molar-refractivity contribution in [3.05, 3.63) is 24.0 Å². The van der Waals surface area contributed by atoms with Gasteiger partial charge in [0.05, 0.1) is 12.4 Å².